The van der Waals surface area contributed by atoms with Crippen LogP contribution in [-0.2, 0) is 0 Å². The van der Waals surface area contributed by atoms with Gasteiger partial charge in [0.2, 0.25) is 0 Å². The highest BCUT2D eigenvalue weighted by Gasteiger charge is 2.27. The lowest BCUT2D eigenvalue weighted by Crippen LogP contribution is -2.16. The lowest BCUT2D eigenvalue weighted by atomic mass is 10.2. The quantitative estimate of drug-likeness (QED) is 0.816. The van der Waals surface area contributed by atoms with E-state index in [9.17, 15) is 18.3 Å². The first-order chi connectivity index (χ1) is 7.87. The van der Waals surface area contributed by atoms with Gasteiger partial charge in [-0.2, -0.15) is 13.2 Å². The Balaban J connectivity index is 2.31. The number of hydrogen-bond acceptors (Lipinski definition) is 2. The number of alkyl halides is 3. The monoisotopic (exact) mass is 264 g/mol. The van der Waals surface area contributed by atoms with E-state index in [0.29, 0.717) is 5.75 Å². The average Bonchev–Trinajstić information content (AvgIpc) is 2.23. The van der Waals surface area contributed by atoms with Crippen LogP contribution in [0.2, 0.25) is 0 Å². The van der Waals surface area contributed by atoms with E-state index in [1.165, 1.54) is 11.8 Å². The molecule has 1 N–H and O–H groups in total. The SMILES string of the molecule is Cc1cccc(SCC(O)CCC(F)(F)F)c1. The summed E-state index contributed by atoms with van der Waals surface area (Å²) in [5.41, 5.74) is 1.10. The number of aryl methyl sites for hydroxylation is 1. The molecule has 1 unspecified atom stereocenters. The smallest absolute Gasteiger partial charge is 0.389 e. The van der Waals surface area contributed by atoms with Crippen molar-refractivity contribution >= 4 is 11.8 Å². The fourth-order valence-electron chi connectivity index (χ4n) is 1.31. The summed E-state index contributed by atoms with van der Waals surface area (Å²) in [5, 5.41) is 9.42. The van der Waals surface area contributed by atoms with Crippen molar-refractivity contribution in [1.82, 2.24) is 0 Å². The largest absolute Gasteiger partial charge is 0.392 e. The lowest BCUT2D eigenvalue weighted by molar-refractivity contribution is -0.139. The summed E-state index contributed by atoms with van der Waals surface area (Å²) in [4.78, 5) is 0.969. The van der Waals surface area contributed by atoms with E-state index in [2.05, 4.69) is 0 Å². The number of halogens is 3. The predicted molar refractivity (Wildman–Crippen MR) is 63.2 cm³/mol. The van der Waals surface area contributed by atoms with Crippen molar-refractivity contribution in [2.75, 3.05) is 5.75 Å². The number of rotatable bonds is 5. The zero-order valence-corrected chi connectivity index (χ0v) is 10.3. The molecule has 96 valence electrons. The molecule has 0 heterocycles. The molecule has 0 saturated carbocycles. The molecule has 0 aliphatic rings. The Labute approximate surface area is 103 Å². The number of aliphatic hydroxyl groups is 1. The maximum Gasteiger partial charge on any atom is 0.389 e. The van der Waals surface area contributed by atoms with Crippen molar-refractivity contribution in [3.05, 3.63) is 29.8 Å². The predicted octanol–water partition coefficient (Wildman–Crippen LogP) is 3.79. The minimum absolute atomic E-state index is 0.234. The third-order valence-corrected chi connectivity index (χ3v) is 3.33. The van der Waals surface area contributed by atoms with Crippen molar-refractivity contribution in [2.24, 2.45) is 0 Å². The molecule has 17 heavy (non-hydrogen) atoms. The van der Waals surface area contributed by atoms with Crippen LogP contribution in [0.15, 0.2) is 29.2 Å². The first-order valence-corrected chi connectivity index (χ1v) is 6.29. The topological polar surface area (TPSA) is 20.2 Å². The molecule has 0 amide bonds. The summed E-state index contributed by atoms with van der Waals surface area (Å²) >= 11 is 1.38. The molecular formula is C12H15F3OS. The van der Waals surface area contributed by atoms with Gasteiger partial charge in [0.25, 0.3) is 0 Å². The van der Waals surface area contributed by atoms with Crippen LogP contribution < -0.4 is 0 Å². The van der Waals surface area contributed by atoms with Gasteiger partial charge in [0.05, 0.1) is 6.10 Å². The Morgan fingerprint density at radius 2 is 2.06 bits per heavy atom. The molecule has 1 aromatic carbocycles. The Morgan fingerprint density at radius 3 is 2.65 bits per heavy atom. The highest BCUT2D eigenvalue weighted by molar-refractivity contribution is 7.99. The molecule has 0 aliphatic heterocycles. The molecule has 1 nitrogen and oxygen atoms in total. The average molecular weight is 264 g/mol. The minimum Gasteiger partial charge on any atom is -0.392 e. The summed E-state index contributed by atoms with van der Waals surface area (Å²) in [6.45, 7) is 1.95. The van der Waals surface area contributed by atoms with Gasteiger partial charge in [0.1, 0.15) is 0 Å². The normalized spacial score (nSPS) is 13.7. The first-order valence-electron chi connectivity index (χ1n) is 5.31. The van der Waals surface area contributed by atoms with Gasteiger partial charge < -0.3 is 5.11 Å². The molecule has 0 aliphatic carbocycles. The molecule has 0 bridgehead atoms. The molecule has 1 atom stereocenters. The van der Waals surface area contributed by atoms with Crippen LogP contribution in [0, 0.1) is 6.92 Å². The van der Waals surface area contributed by atoms with Gasteiger partial charge in [-0.1, -0.05) is 17.7 Å². The zero-order valence-electron chi connectivity index (χ0n) is 9.50. The van der Waals surface area contributed by atoms with Crippen LogP contribution in [-0.4, -0.2) is 23.1 Å². The number of aliphatic hydroxyl groups excluding tert-OH is 1. The van der Waals surface area contributed by atoms with E-state index in [1.807, 2.05) is 31.2 Å². The van der Waals surface area contributed by atoms with Crippen molar-refractivity contribution in [1.29, 1.82) is 0 Å². The second kappa shape index (κ2) is 6.31. The second-order valence-electron chi connectivity index (χ2n) is 3.94. The fourth-order valence-corrected chi connectivity index (χ4v) is 2.31. The van der Waals surface area contributed by atoms with E-state index in [-0.39, 0.29) is 6.42 Å². The molecule has 1 rings (SSSR count). The maximum absolute atomic E-state index is 11.9. The highest BCUT2D eigenvalue weighted by Crippen LogP contribution is 2.25. The Hall–Kier alpha value is -0.680. The van der Waals surface area contributed by atoms with Crippen LogP contribution in [0.25, 0.3) is 0 Å². The van der Waals surface area contributed by atoms with Gasteiger partial charge in [0.15, 0.2) is 0 Å². The summed E-state index contributed by atoms with van der Waals surface area (Å²) in [7, 11) is 0. The van der Waals surface area contributed by atoms with Gasteiger partial charge >= 0.3 is 6.18 Å². The van der Waals surface area contributed by atoms with Gasteiger partial charge in [-0.3, -0.25) is 0 Å². The van der Waals surface area contributed by atoms with Gasteiger partial charge in [-0.05, 0) is 25.5 Å². The van der Waals surface area contributed by atoms with E-state index in [4.69, 9.17) is 0 Å². The van der Waals surface area contributed by atoms with Crippen LogP contribution in [0.5, 0.6) is 0 Å². The third kappa shape index (κ3) is 6.58. The molecule has 1 aromatic rings. The van der Waals surface area contributed by atoms with Gasteiger partial charge in [-0.15, -0.1) is 11.8 Å². The van der Waals surface area contributed by atoms with Crippen LogP contribution in [0.4, 0.5) is 13.2 Å². The summed E-state index contributed by atoms with van der Waals surface area (Å²) in [6.07, 6.45) is -6.26. The Morgan fingerprint density at radius 1 is 1.35 bits per heavy atom. The van der Waals surface area contributed by atoms with E-state index >= 15 is 0 Å². The number of thioether (sulfide) groups is 1. The van der Waals surface area contributed by atoms with Crippen molar-refractivity contribution in [3.63, 3.8) is 0 Å². The molecular weight excluding hydrogens is 249 g/mol. The molecule has 0 radical (unpaired) electrons. The van der Waals surface area contributed by atoms with Gasteiger partial charge in [0, 0.05) is 17.1 Å². The molecule has 0 aromatic heterocycles. The summed E-state index contributed by atoms with van der Waals surface area (Å²) in [5.74, 6) is 0.291. The fraction of sp³-hybridized carbons (Fsp3) is 0.500. The lowest BCUT2D eigenvalue weighted by Gasteiger charge is -2.12. The van der Waals surface area contributed by atoms with Crippen LogP contribution in [0.1, 0.15) is 18.4 Å². The van der Waals surface area contributed by atoms with Crippen LogP contribution in [0.3, 0.4) is 0 Å². The minimum atomic E-state index is -4.19. The Kier molecular flexibility index (Phi) is 5.33. The third-order valence-electron chi connectivity index (χ3n) is 2.19. The zero-order chi connectivity index (χ0) is 12.9. The van der Waals surface area contributed by atoms with E-state index in [1.54, 1.807) is 0 Å². The highest BCUT2D eigenvalue weighted by atomic mass is 32.2. The molecule has 0 fully saturated rings. The van der Waals surface area contributed by atoms with Crippen molar-refractivity contribution in [2.45, 2.75) is 36.9 Å². The van der Waals surface area contributed by atoms with Crippen molar-refractivity contribution < 1.29 is 18.3 Å². The molecule has 0 spiro atoms. The van der Waals surface area contributed by atoms with Gasteiger partial charge in [-0.25, -0.2) is 0 Å². The first kappa shape index (κ1) is 14.4. The molecule has 5 heteroatoms. The second-order valence-corrected chi connectivity index (χ2v) is 5.03. The van der Waals surface area contributed by atoms with E-state index < -0.39 is 18.7 Å². The number of benzene rings is 1. The summed E-state index contributed by atoms with van der Waals surface area (Å²) < 4.78 is 35.7. The van der Waals surface area contributed by atoms with E-state index in [0.717, 1.165) is 10.5 Å². The summed E-state index contributed by atoms with van der Waals surface area (Å²) in [6, 6.07) is 7.67. The van der Waals surface area contributed by atoms with Crippen LogP contribution >= 0.6 is 11.8 Å². The van der Waals surface area contributed by atoms with Crippen molar-refractivity contribution in [3.8, 4) is 0 Å². The Bertz CT molecular complexity index is 352. The molecule has 0 saturated heterocycles. The standard InChI is InChI=1S/C12H15F3OS/c1-9-3-2-4-11(7-9)17-8-10(16)5-6-12(13,14)15/h2-4,7,10,16H,5-6,8H2,1H3. The number of hydrogen-bond donors (Lipinski definition) is 1. The maximum atomic E-state index is 11.9.